The molecule has 3 rings (SSSR count). The largest absolute Gasteiger partial charge is 0.472 e. The molecule has 0 aromatic carbocycles. The first-order chi connectivity index (χ1) is 9.19. The number of rotatable bonds is 2. The van der Waals surface area contributed by atoms with E-state index in [9.17, 15) is 0 Å². The Morgan fingerprint density at radius 1 is 1.42 bits per heavy atom. The average molecular weight is 256 g/mol. The Kier molecular flexibility index (Phi) is 2.74. The molecule has 0 saturated carbocycles. The predicted octanol–water partition coefficient (Wildman–Crippen LogP) is 2.34. The third-order valence-electron chi connectivity index (χ3n) is 3.39. The number of fused-ring (bicyclic) bond motifs is 1. The number of aryl methyl sites for hydroxylation is 1. The minimum absolute atomic E-state index is 0.329. The molecule has 0 atom stereocenters. The molecule has 3 heterocycles. The number of hydrogen-bond donors (Lipinski definition) is 1. The SMILES string of the molecule is CCN1CC(c2ccoc2)=Cc2c(C)nc(N)nc21. The van der Waals surface area contributed by atoms with Crippen LogP contribution in [-0.2, 0) is 0 Å². The first-order valence-electron chi connectivity index (χ1n) is 6.31. The highest BCUT2D eigenvalue weighted by Gasteiger charge is 2.22. The van der Waals surface area contributed by atoms with E-state index in [1.54, 1.807) is 12.5 Å². The number of nitrogen functional groups attached to an aromatic ring is 1. The Labute approximate surface area is 111 Å². The van der Waals surface area contributed by atoms with E-state index in [1.165, 1.54) is 5.57 Å². The number of likely N-dealkylation sites (N-methyl/N-ethyl adjacent to an activating group) is 1. The summed E-state index contributed by atoms with van der Waals surface area (Å²) in [5, 5.41) is 0. The van der Waals surface area contributed by atoms with E-state index < -0.39 is 0 Å². The molecule has 2 aromatic heterocycles. The maximum absolute atomic E-state index is 5.74. The zero-order valence-corrected chi connectivity index (χ0v) is 11.1. The van der Waals surface area contributed by atoms with E-state index in [2.05, 4.69) is 27.9 Å². The Hall–Kier alpha value is -2.30. The molecular weight excluding hydrogens is 240 g/mol. The molecule has 0 saturated heterocycles. The Morgan fingerprint density at radius 3 is 2.95 bits per heavy atom. The monoisotopic (exact) mass is 256 g/mol. The first-order valence-corrected chi connectivity index (χ1v) is 6.31. The van der Waals surface area contributed by atoms with E-state index >= 15 is 0 Å². The van der Waals surface area contributed by atoms with E-state index in [0.717, 1.165) is 35.7 Å². The van der Waals surface area contributed by atoms with Crippen molar-refractivity contribution < 1.29 is 4.42 Å². The summed E-state index contributed by atoms with van der Waals surface area (Å²) in [4.78, 5) is 10.8. The molecule has 1 aliphatic heterocycles. The molecule has 0 radical (unpaired) electrons. The standard InChI is InChI=1S/C14H16N4O/c1-3-18-7-11(10-4-5-19-8-10)6-12-9(2)16-14(15)17-13(12)18/h4-6,8H,3,7H2,1-2H3,(H2,15,16,17). The van der Waals surface area contributed by atoms with Crippen LogP contribution in [0.15, 0.2) is 23.0 Å². The van der Waals surface area contributed by atoms with Gasteiger partial charge in [0.25, 0.3) is 0 Å². The van der Waals surface area contributed by atoms with Crippen molar-refractivity contribution in [3.05, 3.63) is 35.4 Å². The molecule has 0 spiro atoms. The normalized spacial score (nSPS) is 14.2. The van der Waals surface area contributed by atoms with Crippen LogP contribution in [-0.4, -0.2) is 23.1 Å². The molecule has 19 heavy (non-hydrogen) atoms. The van der Waals surface area contributed by atoms with E-state index in [-0.39, 0.29) is 0 Å². The molecule has 5 heteroatoms. The Balaban J connectivity index is 2.15. The number of nitrogens with two attached hydrogens (primary N) is 1. The summed E-state index contributed by atoms with van der Waals surface area (Å²) in [7, 11) is 0. The summed E-state index contributed by atoms with van der Waals surface area (Å²) in [6.45, 7) is 5.74. The second-order valence-electron chi connectivity index (χ2n) is 4.60. The molecule has 5 nitrogen and oxygen atoms in total. The molecule has 0 unspecified atom stereocenters. The topological polar surface area (TPSA) is 68.2 Å². The summed E-state index contributed by atoms with van der Waals surface area (Å²) in [6.07, 6.45) is 5.58. The molecule has 0 aliphatic carbocycles. The molecule has 2 aromatic rings. The number of nitrogens with zero attached hydrogens (tertiary/aromatic N) is 3. The van der Waals surface area contributed by atoms with Gasteiger partial charge in [-0.1, -0.05) is 0 Å². The van der Waals surface area contributed by atoms with Gasteiger partial charge in [0, 0.05) is 24.2 Å². The number of hydrogen-bond acceptors (Lipinski definition) is 5. The quantitative estimate of drug-likeness (QED) is 0.893. The average Bonchev–Trinajstić information content (AvgIpc) is 2.91. The first kappa shape index (κ1) is 11.8. The van der Waals surface area contributed by atoms with Crippen LogP contribution in [0.2, 0.25) is 0 Å². The van der Waals surface area contributed by atoms with Gasteiger partial charge in [-0.15, -0.1) is 0 Å². The van der Waals surface area contributed by atoms with Crippen LogP contribution < -0.4 is 10.6 Å². The smallest absolute Gasteiger partial charge is 0.222 e. The van der Waals surface area contributed by atoms with Crippen molar-refractivity contribution >= 4 is 23.4 Å². The van der Waals surface area contributed by atoms with Crippen molar-refractivity contribution in [1.29, 1.82) is 0 Å². The van der Waals surface area contributed by atoms with Gasteiger partial charge in [-0.05, 0) is 31.6 Å². The van der Waals surface area contributed by atoms with Crippen molar-refractivity contribution in [1.82, 2.24) is 9.97 Å². The lowest BCUT2D eigenvalue weighted by Gasteiger charge is -2.29. The molecule has 0 bridgehead atoms. The maximum Gasteiger partial charge on any atom is 0.222 e. The lowest BCUT2D eigenvalue weighted by atomic mass is 10.0. The highest BCUT2D eigenvalue weighted by Crippen LogP contribution is 2.33. The number of furan rings is 1. The summed E-state index contributed by atoms with van der Waals surface area (Å²) >= 11 is 0. The van der Waals surface area contributed by atoms with Crippen LogP contribution in [0.5, 0.6) is 0 Å². The summed E-state index contributed by atoms with van der Waals surface area (Å²) in [6, 6.07) is 1.97. The van der Waals surface area contributed by atoms with Crippen LogP contribution >= 0.6 is 0 Å². The molecule has 98 valence electrons. The van der Waals surface area contributed by atoms with Gasteiger partial charge in [-0.3, -0.25) is 0 Å². The molecule has 0 amide bonds. The fourth-order valence-corrected chi connectivity index (χ4v) is 2.38. The zero-order chi connectivity index (χ0) is 13.4. The second-order valence-corrected chi connectivity index (χ2v) is 4.60. The van der Waals surface area contributed by atoms with Gasteiger partial charge in [-0.25, -0.2) is 4.98 Å². The molecule has 2 N–H and O–H groups in total. The van der Waals surface area contributed by atoms with Gasteiger partial charge in [-0.2, -0.15) is 4.98 Å². The van der Waals surface area contributed by atoms with Gasteiger partial charge in [0.2, 0.25) is 5.95 Å². The fourth-order valence-electron chi connectivity index (χ4n) is 2.38. The minimum atomic E-state index is 0.329. The van der Waals surface area contributed by atoms with Crippen molar-refractivity contribution in [2.45, 2.75) is 13.8 Å². The van der Waals surface area contributed by atoms with Crippen LogP contribution in [0, 0.1) is 6.92 Å². The molecular formula is C14H16N4O. The van der Waals surface area contributed by atoms with Gasteiger partial charge >= 0.3 is 0 Å². The number of aromatic nitrogens is 2. The summed E-state index contributed by atoms with van der Waals surface area (Å²) < 4.78 is 5.16. The lowest BCUT2D eigenvalue weighted by Crippen LogP contribution is -2.29. The van der Waals surface area contributed by atoms with Gasteiger partial charge in [0.15, 0.2) is 0 Å². The van der Waals surface area contributed by atoms with E-state index in [0.29, 0.717) is 5.95 Å². The molecule has 0 fully saturated rings. The Bertz CT molecular complexity index is 631. The molecule has 1 aliphatic rings. The van der Waals surface area contributed by atoms with E-state index in [1.807, 2.05) is 13.0 Å². The van der Waals surface area contributed by atoms with Crippen molar-refractivity contribution in [2.24, 2.45) is 0 Å². The lowest BCUT2D eigenvalue weighted by molar-refractivity contribution is 0.566. The van der Waals surface area contributed by atoms with Gasteiger partial charge in [0.1, 0.15) is 5.82 Å². The van der Waals surface area contributed by atoms with Crippen LogP contribution in [0.3, 0.4) is 0 Å². The summed E-state index contributed by atoms with van der Waals surface area (Å²) in [5.41, 5.74) is 9.99. The minimum Gasteiger partial charge on any atom is -0.472 e. The van der Waals surface area contributed by atoms with Crippen molar-refractivity contribution in [3.63, 3.8) is 0 Å². The van der Waals surface area contributed by atoms with E-state index in [4.69, 9.17) is 10.2 Å². The zero-order valence-electron chi connectivity index (χ0n) is 11.1. The van der Waals surface area contributed by atoms with Gasteiger partial charge < -0.3 is 15.1 Å². The van der Waals surface area contributed by atoms with Crippen LogP contribution in [0.4, 0.5) is 11.8 Å². The predicted molar refractivity (Wildman–Crippen MR) is 75.6 cm³/mol. The third-order valence-corrected chi connectivity index (χ3v) is 3.39. The third kappa shape index (κ3) is 1.97. The highest BCUT2D eigenvalue weighted by molar-refractivity contribution is 5.90. The fraction of sp³-hybridized carbons (Fsp3) is 0.286. The van der Waals surface area contributed by atoms with Crippen LogP contribution in [0.1, 0.15) is 23.7 Å². The number of anilines is 2. The highest BCUT2D eigenvalue weighted by atomic mass is 16.3. The van der Waals surface area contributed by atoms with Crippen molar-refractivity contribution in [3.8, 4) is 0 Å². The Morgan fingerprint density at radius 2 is 2.26 bits per heavy atom. The summed E-state index contributed by atoms with van der Waals surface area (Å²) in [5.74, 6) is 1.25. The maximum atomic E-state index is 5.74. The van der Waals surface area contributed by atoms with Crippen LogP contribution in [0.25, 0.3) is 11.6 Å². The van der Waals surface area contributed by atoms with Crippen molar-refractivity contribution in [2.75, 3.05) is 23.7 Å². The van der Waals surface area contributed by atoms with Gasteiger partial charge in [0.05, 0.1) is 18.2 Å². The second kappa shape index (κ2) is 4.42.